The molecule has 0 aliphatic carbocycles. The lowest BCUT2D eigenvalue weighted by molar-refractivity contribution is 0.0984. The van der Waals surface area contributed by atoms with E-state index in [1.807, 2.05) is 30.3 Å². The van der Waals surface area contributed by atoms with Crippen LogP contribution in [0.15, 0.2) is 78.0 Å². The van der Waals surface area contributed by atoms with E-state index in [0.717, 1.165) is 11.1 Å². The van der Waals surface area contributed by atoms with E-state index in [1.54, 1.807) is 29.2 Å². The number of carbonyl (C=O) groups excluding carboxylic acids is 1. The van der Waals surface area contributed by atoms with E-state index in [2.05, 4.69) is 24.9 Å². The van der Waals surface area contributed by atoms with Gasteiger partial charge in [-0.15, -0.1) is 0 Å². The van der Waals surface area contributed by atoms with Crippen molar-refractivity contribution in [1.29, 1.82) is 0 Å². The average molecular weight is 446 g/mol. The highest BCUT2D eigenvalue weighted by atomic mass is 32.2. The number of aromatic nitrogens is 4. The van der Waals surface area contributed by atoms with Gasteiger partial charge in [0.15, 0.2) is 0 Å². The Labute approximate surface area is 184 Å². The first-order valence-electron chi connectivity index (χ1n) is 9.87. The van der Waals surface area contributed by atoms with E-state index in [9.17, 15) is 13.2 Å². The summed E-state index contributed by atoms with van der Waals surface area (Å²) in [6, 6.07) is 17.6. The smallest absolute Gasteiger partial charge is 0.276 e. The van der Waals surface area contributed by atoms with Crippen LogP contribution in [0.3, 0.4) is 0 Å². The highest BCUT2D eigenvalue weighted by Crippen LogP contribution is 2.32. The molecule has 0 spiro atoms. The van der Waals surface area contributed by atoms with Gasteiger partial charge in [-0.25, -0.2) is 23.1 Å². The number of sulfonamides is 1. The second-order valence-corrected chi connectivity index (χ2v) is 8.89. The zero-order valence-corrected chi connectivity index (χ0v) is 17.6. The lowest BCUT2D eigenvalue weighted by atomic mass is 10.1. The molecule has 32 heavy (non-hydrogen) atoms. The summed E-state index contributed by atoms with van der Waals surface area (Å²) in [5, 5.41) is 7.06. The Kier molecular flexibility index (Phi) is 4.91. The zero-order valence-electron chi connectivity index (χ0n) is 16.8. The molecule has 1 aliphatic rings. The van der Waals surface area contributed by atoms with Gasteiger partial charge in [-0.3, -0.25) is 9.89 Å². The summed E-state index contributed by atoms with van der Waals surface area (Å²) in [5.74, 6) is -0.219. The lowest BCUT2D eigenvalue weighted by Gasteiger charge is -2.16. The topological polar surface area (TPSA) is 121 Å². The van der Waals surface area contributed by atoms with Gasteiger partial charge in [0.1, 0.15) is 5.69 Å². The standard InChI is InChI=1S/C22H18N6O3S/c29-21(19-14-18(25-26-19)15-5-2-1-3-6-15)28-12-9-16-13-17(7-8-20(16)28)32(30,31)27-22-23-10-4-11-24-22/h1-8,10-11,13-14H,9,12H2,(H,25,26)(H,23,24,27). The molecule has 5 rings (SSSR count). The average Bonchev–Trinajstić information content (AvgIpc) is 3.47. The van der Waals surface area contributed by atoms with Crippen molar-refractivity contribution in [2.45, 2.75) is 11.3 Å². The SMILES string of the molecule is O=C(c1cc(-c2ccccc2)n[nH]1)N1CCc2cc(S(=O)(=O)Nc3ncccn3)ccc21. The van der Waals surface area contributed by atoms with Crippen molar-refractivity contribution in [3.8, 4) is 11.3 Å². The van der Waals surface area contributed by atoms with Crippen LogP contribution < -0.4 is 9.62 Å². The van der Waals surface area contributed by atoms with Crippen molar-refractivity contribution >= 4 is 27.6 Å². The van der Waals surface area contributed by atoms with E-state index in [-0.39, 0.29) is 16.8 Å². The highest BCUT2D eigenvalue weighted by molar-refractivity contribution is 7.92. The summed E-state index contributed by atoms with van der Waals surface area (Å²) in [6.07, 6.45) is 3.46. The van der Waals surface area contributed by atoms with Crippen molar-refractivity contribution in [2.24, 2.45) is 0 Å². The van der Waals surface area contributed by atoms with Gasteiger partial charge in [0.2, 0.25) is 5.95 Å². The maximum Gasteiger partial charge on any atom is 0.276 e. The molecule has 0 saturated heterocycles. The fraction of sp³-hybridized carbons (Fsp3) is 0.0909. The van der Waals surface area contributed by atoms with E-state index in [1.165, 1.54) is 18.5 Å². The molecule has 2 N–H and O–H groups in total. The quantitative estimate of drug-likeness (QED) is 0.486. The number of amides is 1. The monoisotopic (exact) mass is 446 g/mol. The Morgan fingerprint density at radius 1 is 1.00 bits per heavy atom. The van der Waals surface area contributed by atoms with Crippen LogP contribution in [0.5, 0.6) is 0 Å². The van der Waals surface area contributed by atoms with Crippen molar-refractivity contribution in [2.75, 3.05) is 16.2 Å². The molecule has 0 atom stereocenters. The molecule has 4 aromatic rings. The van der Waals surface area contributed by atoms with Gasteiger partial charge in [0.25, 0.3) is 15.9 Å². The molecule has 10 heteroatoms. The first-order valence-corrected chi connectivity index (χ1v) is 11.3. The third kappa shape index (κ3) is 3.71. The summed E-state index contributed by atoms with van der Waals surface area (Å²) in [6.45, 7) is 0.451. The molecule has 1 aliphatic heterocycles. The first-order chi connectivity index (χ1) is 15.5. The van der Waals surface area contributed by atoms with Crippen LogP contribution in [-0.4, -0.2) is 41.0 Å². The minimum atomic E-state index is -3.85. The maximum absolute atomic E-state index is 13.1. The van der Waals surface area contributed by atoms with Gasteiger partial charge in [-0.05, 0) is 42.3 Å². The molecule has 0 radical (unpaired) electrons. The minimum Gasteiger partial charge on any atom is -0.306 e. The van der Waals surface area contributed by atoms with Crippen LogP contribution >= 0.6 is 0 Å². The third-order valence-corrected chi connectivity index (χ3v) is 6.50. The largest absolute Gasteiger partial charge is 0.306 e. The maximum atomic E-state index is 13.1. The van der Waals surface area contributed by atoms with Crippen LogP contribution in [0.2, 0.25) is 0 Å². The van der Waals surface area contributed by atoms with Crippen molar-refractivity contribution in [1.82, 2.24) is 20.2 Å². The fourth-order valence-electron chi connectivity index (χ4n) is 3.62. The van der Waals surface area contributed by atoms with E-state index >= 15 is 0 Å². The summed E-state index contributed by atoms with van der Waals surface area (Å²) < 4.78 is 27.7. The molecule has 2 aromatic carbocycles. The summed E-state index contributed by atoms with van der Waals surface area (Å²) in [7, 11) is -3.85. The molecule has 0 bridgehead atoms. The van der Waals surface area contributed by atoms with Gasteiger partial charge in [-0.2, -0.15) is 5.10 Å². The second kappa shape index (κ2) is 7.89. The number of carbonyl (C=O) groups is 1. The van der Waals surface area contributed by atoms with Crippen molar-refractivity contribution in [3.63, 3.8) is 0 Å². The predicted octanol–water partition coefficient (Wildman–Crippen LogP) is 2.87. The summed E-state index contributed by atoms with van der Waals surface area (Å²) in [5.41, 5.74) is 3.42. The van der Waals surface area contributed by atoms with Crippen LogP contribution in [-0.2, 0) is 16.4 Å². The number of nitrogens with one attached hydrogen (secondary N) is 2. The van der Waals surface area contributed by atoms with Crippen molar-refractivity contribution < 1.29 is 13.2 Å². The van der Waals surface area contributed by atoms with Crippen LogP contribution in [0.25, 0.3) is 11.3 Å². The van der Waals surface area contributed by atoms with E-state index in [0.29, 0.717) is 30.0 Å². The number of hydrogen-bond acceptors (Lipinski definition) is 6. The number of benzene rings is 2. The fourth-order valence-corrected chi connectivity index (χ4v) is 4.63. The number of anilines is 2. The third-order valence-electron chi connectivity index (χ3n) is 5.17. The molecule has 0 saturated carbocycles. The first kappa shape index (κ1) is 19.9. The molecule has 9 nitrogen and oxygen atoms in total. The number of H-pyrrole nitrogens is 1. The molecule has 2 aromatic heterocycles. The Balaban J connectivity index is 1.38. The molecule has 160 valence electrons. The van der Waals surface area contributed by atoms with Crippen LogP contribution in [0, 0.1) is 0 Å². The minimum absolute atomic E-state index is 0.00160. The van der Waals surface area contributed by atoms with E-state index < -0.39 is 10.0 Å². The highest BCUT2D eigenvalue weighted by Gasteiger charge is 2.28. The normalized spacial score (nSPS) is 13.1. The van der Waals surface area contributed by atoms with Gasteiger partial charge in [0.05, 0.1) is 10.6 Å². The van der Waals surface area contributed by atoms with Gasteiger partial charge in [-0.1, -0.05) is 30.3 Å². The van der Waals surface area contributed by atoms with Crippen molar-refractivity contribution in [3.05, 3.63) is 84.3 Å². The number of aromatic amines is 1. The number of hydrogen-bond donors (Lipinski definition) is 2. The Hall–Kier alpha value is -4.05. The molecule has 3 heterocycles. The molecular formula is C22H18N6O3S. The van der Waals surface area contributed by atoms with Gasteiger partial charge < -0.3 is 4.90 Å². The zero-order chi connectivity index (χ0) is 22.1. The number of fused-ring (bicyclic) bond motifs is 1. The molecule has 1 amide bonds. The van der Waals surface area contributed by atoms with Gasteiger partial charge >= 0.3 is 0 Å². The second-order valence-electron chi connectivity index (χ2n) is 7.21. The Morgan fingerprint density at radius 3 is 2.56 bits per heavy atom. The summed E-state index contributed by atoms with van der Waals surface area (Å²) >= 11 is 0. The van der Waals surface area contributed by atoms with E-state index in [4.69, 9.17) is 0 Å². The molecule has 0 fully saturated rings. The van der Waals surface area contributed by atoms with Crippen LogP contribution in [0.1, 0.15) is 16.1 Å². The van der Waals surface area contributed by atoms with Gasteiger partial charge in [0, 0.05) is 30.2 Å². The summed E-state index contributed by atoms with van der Waals surface area (Å²) in [4.78, 5) is 22.6. The predicted molar refractivity (Wildman–Crippen MR) is 119 cm³/mol. The van der Waals surface area contributed by atoms with Crippen LogP contribution in [0.4, 0.5) is 11.6 Å². The Morgan fingerprint density at radius 2 is 1.78 bits per heavy atom. The number of nitrogens with zero attached hydrogens (tertiary/aromatic N) is 4. The Bertz CT molecular complexity index is 1390. The molecular weight excluding hydrogens is 428 g/mol. The lowest BCUT2D eigenvalue weighted by Crippen LogP contribution is -2.29. The molecule has 0 unspecified atom stereocenters. The number of rotatable bonds is 5.